The Balaban J connectivity index is 2.63. The second-order valence-electron chi connectivity index (χ2n) is 4.12. The summed E-state index contributed by atoms with van der Waals surface area (Å²) in [6.07, 6.45) is 2.06. The molecule has 0 atom stereocenters. The fourth-order valence-corrected chi connectivity index (χ4v) is 1.58. The fraction of sp³-hybridized carbons (Fsp3) is 0.333. The lowest BCUT2D eigenvalue weighted by Gasteiger charge is -2.08. The first-order chi connectivity index (χ1) is 10.2. The Morgan fingerprint density at radius 1 is 1.38 bits per heavy atom. The maximum atomic E-state index is 11.8. The minimum atomic E-state index is -0.420. The summed E-state index contributed by atoms with van der Waals surface area (Å²) in [5.74, 6) is 0.211. The van der Waals surface area contributed by atoms with Gasteiger partial charge in [0.15, 0.2) is 0 Å². The number of amides is 1. The first-order valence-electron chi connectivity index (χ1n) is 6.50. The molecule has 0 aliphatic carbocycles. The van der Waals surface area contributed by atoms with E-state index in [1.165, 1.54) is 6.20 Å². The van der Waals surface area contributed by atoms with Crippen molar-refractivity contribution in [2.75, 3.05) is 32.7 Å². The Hall–Kier alpha value is -2.52. The molecule has 6 heteroatoms. The van der Waals surface area contributed by atoms with Gasteiger partial charge in [0.25, 0.3) is 5.91 Å². The summed E-state index contributed by atoms with van der Waals surface area (Å²) in [5, 5.41) is 14.6. The molecule has 0 saturated carbocycles. The first kappa shape index (κ1) is 16.5. The number of methoxy groups -OCH3 is 2. The lowest BCUT2D eigenvalue weighted by molar-refractivity contribution is -0.117. The highest BCUT2D eigenvalue weighted by atomic mass is 16.5. The van der Waals surface area contributed by atoms with E-state index in [2.05, 4.69) is 10.6 Å². The maximum absolute atomic E-state index is 11.8. The highest BCUT2D eigenvalue weighted by molar-refractivity contribution is 5.97. The fourth-order valence-electron chi connectivity index (χ4n) is 1.58. The molecule has 0 aliphatic heterocycles. The van der Waals surface area contributed by atoms with Crippen molar-refractivity contribution in [2.24, 2.45) is 0 Å². The van der Waals surface area contributed by atoms with Crippen molar-refractivity contribution in [1.82, 2.24) is 5.32 Å². The summed E-state index contributed by atoms with van der Waals surface area (Å²) < 4.78 is 10.1. The zero-order valence-electron chi connectivity index (χ0n) is 12.2. The standard InChI is InChI=1S/C15H19N3O3/c1-20-9-5-8-17-15(19)12(10-16)11-18-13-6-3-4-7-14(13)21-2/h3-4,6-7,11,18H,5,8-9H2,1-2H3,(H,17,19)/b12-11-. The van der Waals surface area contributed by atoms with Gasteiger partial charge in [0, 0.05) is 26.5 Å². The van der Waals surface area contributed by atoms with Crippen LogP contribution in [-0.2, 0) is 9.53 Å². The summed E-state index contributed by atoms with van der Waals surface area (Å²) in [7, 11) is 3.15. The van der Waals surface area contributed by atoms with E-state index in [9.17, 15) is 4.79 Å². The van der Waals surface area contributed by atoms with Crippen LogP contribution in [0.15, 0.2) is 36.0 Å². The van der Waals surface area contributed by atoms with Crippen LogP contribution in [0.3, 0.4) is 0 Å². The molecule has 21 heavy (non-hydrogen) atoms. The first-order valence-corrected chi connectivity index (χ1v) is 6.50. The van der Waals surface area contributed by atoms with Crippen LogP contribution in [0, 0.1) is 11.3 Å². The monoisotopic (exact) mass is 289 g/mol. The molecular formula is C15H19N3O3. The maximum Gasteiger partial charge on any atom is 0.263 e. The molecule has 6 nitrogen and oxygen atoms in total. The SMILES string of the molecule is COCCCNC(=O)/C(C#N)=C\Nc1ccccc1OC. The minimum Gasteiger partial charge on any atom is -0.495 e. The van der Waals surface area contributed by atoms with Crippen LogP contribution in [-0.4, -0.2) is 33.3 Å². The van der Waals surface area contributed by atoms with Crippen LogP contribution in [0.1, 0.15) is 6.42 Å². The van der Waals surface area contributed by atoms with Gasteiger partial charge in [0.2, 0.25) is 0 Å². The number of benzene rings is 1. The van der Waals surface area contributed by atoms with Crippen molar-refractivity contribution in [3.63, 3.8) is 0 Å². The Morgan fingerprint density at radius 3 is 2.81 bits per heavy atom. The Bertz CT molecular complexity index is 535. The molecule has 1 aromatic rings. The van der Waals surface area contributed by atoms with Gasteiger partial charge in [-0.05, 0) is 18.6 Å². The van der Waals surface area contributed by atoms with Gasteiger partial charge in [-0.25, -0.2) is 0 Å². The third kappa shape index (κ3) is 5.55. The van der Waals surface area contributed by atoms with Crippen molar-refractivity contribution in [3.05, 3.63) is 36.0 Å². The van der Waals surface area contributed by atoms with Gasteiger partial charge in [-0.3, -0.25) is 4.79 Å². The number of carbonyl (C=O) groups is 1. The van der Waals surface area contributed by atoms with Crippen LogP contribution >= 0.6 is 0 Å². The molecular weight excluding hydrogens is 270 g/mol. The number of hydrogen-bond donors (Lipinski definition) is 2. The summed E-state index contributed by atoms with van der Waals surface area (Å²) in [6, 6.07) is 9.11. The van der Waals surface area contributed by atoms with E-state index in [0.717, 1.165) is 0 Å². The summed E-state index contributed by atoms with van der Waals surface area (Å²) in [4.78, 5) is 11.8. The molecule has 1 rings (SSSR count). The predicted octanol–water partition coefficient (Wildman–Crippen LogP) is 1.67. The third-order valence-corrected chi connectivity index (χ3v) is 2.65. The van der Waals surface area contributed by atoms with Crippen LogP contribution in [0.4, 0.5) is 5.69 Å². The van der Waals surface area contributed by atoms with Gasteiger partial charge >= 0.3 is 0 Å². The number of nitriles is 1. The Morgan fingerprint density at radius 2 is 2.14 bits per heavy atom. The number of nitrogens with one attached hydrogen (secondary N) is 2. The lowest BCUT2D eigenvalue weighted by atomic mass is 10.2. The molecule has 2 N–H and O–H groups in total. The van der Waals surface area contributed by atoms with Gasteiger partial charge in [0.05, 0.1) is 12.8 Å². The van der Waals surface area contributed by atoms with Gasteiger partial charge in [-0.1, -0.05) is 12.1 Å². The molecule has 1 aromatic carbocycles. The largest absolute Gasteiger partial charge is 0.495 e. The van der Waals surface area contributed by atoms with Crippen molar-refractivity contribution < 1.29 is 14.3 Å². The molecule has 0 aromatic heterocycles. The Kier molecular flexibility index (Phi) is 7.40. The summed E-state index contributed by atoms with van der Waals surface area (Å²) in [5.41, 5.74) is 0.679. The molecule has 0 unspecified atom stereocenters. The van der Waals surface area contributed by atoms with E-state index in [1.54, 1.807) is 26.4 Å². The molecule has 112 valence electrons. The second-order valence-corrected chi connectivity index (χ2v) is 4.12. The molecule has 1 amide bonds. The van der Waals surface area contributed by atoms with Crippen LogP contribution in [0.25, 0.3) is 0 Å². The van der Waals surface area contributed by atoms with Crippen LogP contribution in [0.2, 0.25) is 0 Å². The molecule has 0 bridgehead atoms. The van der Waals surface area contributed by atoms with E-state index in [0.29, 0.717) is 31.0 Å². The van der Waals surface area contributed by atoms with Gasteiger partial charge in [-0.15, -0.1) is 0 Å². The molecule has 0 fully saturated rings. The Labute approximate surface area is 124 Å². The summed E-state index contributed by atoms with van der Waals surface area (Å²) in [6.45, 7) is 1.02. The van der Waals surface area contributed by atoms with Crippen molar-refractivity contribution in [1.29, 1.82) is 5.26 Å². The predicted molar refractivity (Wildman–Crippen MR) is 79.8 cm³/mol. The van der Waals surface area contributed by atoms with Gasteiger partial charge in [0.1, 0.15) is 17.4 Å². The molecule has 0 spiro atoms. The number of anilines is 1. The number of rotatable bonds is 8. The van der Waals surface area contributed by atoms with Crippen LogP contribution < -0.4 is 15.4 Å². The average Bonchev–Trinajstić information content (AvgIpc) is 2.52. The third-order valence-electron chi connectivity index (χ3n) is 2.65. The van der Waals surface area contributed by atoms with Crippen LogP contribution in [0.5, 0.6) is 5.75 Å². The molecule has 0 heterocycles. The van der Waals surface area contributed by atoms with E-state index in [1.807, 2.05) is 18.2 Å². The number of ether oxygens (including phenoxy) is 2. The van der Waals surface area contributed by atoms with Crippen molar-refractivity contribution >= 4 is 11.6 Å². The molecule has 0 saturated heterocycles. The van der Waals surface area contributed by atoms with E-state index in [4.69, 9.17) is 14.7 Å². The van der Waals surface area contributed by atoms with Crippen molar-refractivity contribution in [2.45, 2.75) is 6.42 Å². The normalized spacial score (nSPS) is 10.6. The van der Waals surface area contributed by atoms with Crippen molar-refractivity contribution in [3.8, 4) is 11.8 Å². The molecule has 0 aliphatic rings. The highest BCUT2D eigenvalue weighted by Crippen LogP contribution is 2.23. The lowest BCUT2D eigenvalue weighted by Crippen LogP contribution is -2.26. The van der Waals surface area contributed by atoms with E-state index >= 15 is 0 Å². The number of nitrogens with zero attached hydrogens (tertiary/aromatic N) is 1. The summed E-state index contributed by atoms with van der Waals surface area (Å²) >= 11 is 0. The minimum absolute atomic E-state index is 0.00155. The number of hydrogen-bond acceptors (Lipinski definition) is 5. The highest BCUT2D eigenvalue weighted by Gasteiger charge is 2.08. The number of carbonyl (C=O) groups excluding carboxylic acids is 1. The second kappa shape index (κ2) is 9.39. The zero-order valence-corrected chi connectivity index (χ0v) is 12.2. The quantitative estimate of drug-likeness (QED) is 0.432. The smallest absolute Gasteiger partial charge is 0.263 e. The van der Waals surface area contributed by atoms with Gasteiger partial charge < -0.3 is 20.1 Å². The topological polar surface area (TPSA) is 83.4 Å². The van der Waals surface area contributed by atoms with E-state index < -0.39 is 5.91 Å². The number of para-hydroxylation sites is 2. The molecule has 0 radical (unpaired) electrons. The average molecular weight is 289 g/mol. The zero-order chi connectivity index (χ0) is 15.5. The van der Waals surface area contributed by atoms with E-state index in [-0.39, 0.29) is 5.57 Å². The van der Waals surface area contributed by atoms with Gasteiger partial charge in [-0.2, -0.15) is 5.26 Å².